The van der Waals surface area contributed by atoms with Crippen molar-refractivity contribution in [1.82, 2.24) is 14.9 Å². The van der Waals surface area contributed by atoms with E-state index in [-0.39, 0.29) is 6.10 Å². The van der Waals surface area contributed by atoms with Crippen molar-refractivity contribution in [3.05, 3.63) is 40.4 Å². The van der Waals surface area contributed by atoms with Gasteiger partial charge in [-0.25, -0.2) is 9.97 Å². The Bertz CT molecular complexity index is 982. The lowest BCUT2D eigenvalue weighted by molar-refractivity contribution is 0.0254. The summed E-state index contributed by atoms with van der Waals surface area (Å²) in [5, 5.41) is 1.18. The SMILES string of the molecule is Cc1sc2nc(CN3CCOCC3)nc(N3CCOC(c4ccco4)C3)c2c1C. The van der Waals surface area contributed by atoms with Crippen molar-refractivity contribution in [2.45, 2.75) is 26.5 Å². The number of morpholine rings is 2. The van der Waals surface area contributed by atoms with E-state index in [1.54, 1.807) is 17.6 Å². The van der Waals surface area contributed by atoms with Crippen molar-refractivity contribution in [3.63, 3.8) is 0 Å². The van der Waals surface area contributed by atoms with Crippen LogP contribution in [0.5, 0.6) is 0 Å². The van der Waals surface area contributed by atoms with Crippen LogP contribution in [0, 0.1) is 13.8 Å². The number of furan rings is 1. The molecule has 0 N–H and O–H groups in total. The van der Waals surface area contributed by atoms with Crippen LogP contribution in [0.1, 0.15) is 28.1 Å². The molecule has 0 bridgehead atoms. The zero-order valence-corrected chi connectivity index (χ0v) is 17.7. The first-order chi connectivity index (χ1) is 14.2. The molecule has 3 aromatic heterocycles. The van der Waals surface area contributed by atoms with Crippen LogP contribution in [0.4, 0.5) is 5.82 Å². The molecule has 2 saturated heterocycles. The number of nitrogens with zero attached hydrogens (tertiary/aromatic N) is 4. The Labute approximate surface area is 174 Å². The topological polar surface area (TPSA) is 63.9 Å². The van der Waals surface area contributed by atoms with E-state index >= 15 is 0 Å². The molecule has 0 amide bonds. The van der Waals surface area contributed by atoms with Gasteiger partial charge in [-0.3, -0.25) is 4.90 Å². The van der Waals surface area contributed by atoms with E-state index in [4.69, 9.17) is 23.9 Å². The van der Waals surface area contributed by atoms with E-state index in [0.29, 0.717) is 6.61 Å². The van der Waals surface area contributed by atoms with Gasteiger partial charge in [0.25, 0.3) is 0 Å². The molecule has 2 aliphatic heterocycles. The third-order valence-electron chi connectivity index (χ3n) is 5.75. The molecule has 29 heavy (non-hydrogen) atoms. The summed E-state index contributed by atoms with van der Waals surface area (Å²) >= 11 is 1.76. The predicted octanol–water partition coefficient (Wildman–Crippen LogP) is 3.31. The molecule has 1 atom stereocenters. The lowest BCUT2D eigenvalue weighted by atomic mass is 10.1. The van der Waals surface area contributed by atoms with Crippen LogP contribution in [0.15, 0.2) is 22.8 Å². The normalized spacial score (nSPS) is 21.2. The zero-order chi connectivity index (χ0) is 19.8. The fourth-order valence-electron chi connectivity index (χ4n) is 4.02. The molecule has 5 rings (SSSR count). The number of ether oxygens (including phenoxy) is 2. The van der Waals surface area contributed by atoms with E-state index in [1.165, 1.54) is 15.8 Å². The fraction of sp³-hybridized carbons (Fsp3) is 0.524. The summed E-state index contributed by atoms with van der Waals surface area (Å²) in [6.45, 7) is 10.7. The Morgan fingerprint density at radius 2 is 2.00 bits per heavy atom. The van der Waals surface area contributed by atoms with Gasteiger partial charge in [0.05, 0.1) is 44.6 Å². The van der Waals surface area contributed by atoms with Gasteiger partial charge in [-0.2, -0.15) is 0 Å². The summed E-state index contributed by atoms with van der Waals surface area (Å²) < 4.78 is 17.1. The van der Waals surface area contributed by atoms with Gasteiger partial charge in [0.15, 0.2) is 0 Å². The summed E-state index contributed by atoms with van der Waals surface area (Å²) in [5.41, 5.74) is 1.28. The van der Waals surface area contributed by atoms with Crippen LogP contribution in [0.25, 0.3) is 10.2 Å². The highest BCUT2D eigenvalue weighted by molar-refractivity contribution is 7.18. The molecule has 0 saturated carbocycles. The van der Waals surface area contributed by atoms with Crippen LogP contribution in [-0.4, -0.2) is 60.9 Å². The summed E-state index contributed by atoms with van der Waals surface area (Å²) in [7, 11) is 0. The average molecular weight is 415 g/mol. The first-order valence-electron chi connectivity index (χ1n) is 10.2. The van der Waals surface area contributed by atoms with E-state index in [1.807, 2.05) is 12.1 Å². The first-order valence-corrected chi connectivity index (χ1v) is 11.0. The van der Waals surface area contributed by atoms with Gasteiger partial charge in [-0.05, 0) is 31.5 Å². The molecule has 3 aromatic rings. The summed E-state index contributed by atoms with van der Waals surface area (Å²) in [4.78, 5) is 17.1. The van der Waals surface area contributed by atoms with Crippen LogP contribution < -0.4 is 4.90 Å². The molecule has 2 aliphatic rings. The number of hydrogen-bond acceptors (Lipinski definition) is 8. The molecule has 0 spiro atoms. The van der Waals surface area contributed by atoms with E-state index in [9.17, 15) is 0 Å². The lowest BCUT2D eigenvalue weighted by Gasteiger charge is -2.33. The average Bonchev–Trinajstić information content (AvgIpc) is 3.37. The third kappa shape index (κ3) is 3.77. The van der Waals surface area contributed by atoms with Gasteiger partial charge in [-0.15, -0.1) is 11.3 Å². The van der Waals surface area contributed by atoms with Crippen molar-refractivity contribution in [3.8, 4) is 0 Å². The molecule has 8 heteroatoms. The molecule has 0 radical (unpaired) electrons. The second-order valence-electron chi connectivity index (χ2n) is 7.64. The Hall–Kier alpha value is -2.00. The maximum absolute atomic E-state index is 5.97. The first kappa shape index (κ1) is 19.0. The number of hydrogen-bond donors (Lipinski definition) is 0. The monoisotopic (exact) mass is 414 g/mol. The Morgan fingerprint density at radius 1 is 1.14 bits per heavy atom. The highest BCUT2D eigenvalue weighted by atomic mass is 32.1. The second kappa shape index (κ2) is 8.02. The highest BCUT2D eigenvalue weighted by Gasteiger charge is 2.28. The Morgan fingerprint density at radius 3 is 2.79 bits per heavy atom. The summed E-state index contributed by atoms with van der Waals surface area (Å²) in [6, 6.07) is 3.89. The van der Waals surface area contributed by atoms with Crippen LogP contribution in [0.2, 0.25) is 0 Å². The number of fused-ring (bicyclic) bond motifs is 1. The molecular formula is C21H26N4O3S. The molecule has 0 aliphatic carbocycles. The van der Waals surface area contributed by atoms with Crippen LogP contribution in [0.3, 0.4) is 0 Å². The van der Waals surface area contributed by atoms with Gasteiger partial charge in [-0.1, -0.05) is 0 Å². The van der Waals surface area contributed by atoms with E-state index in [2.05, 4.69) is 23.6 Å². The second-order valence-corrected chi connectivity index (χ2v) is 8.84. The minimum absolute atomic E-state index is 0.0773. The van der Waals surface area contributed by atoms with Gasteiger partial charge in [0, 0.05) is 24.5 Å². The minimum atomic E-state index is -0.0773. The largest absolute Gasteiger partial charge is 0.467 e. The Kier molecular flexibility index (Phi) is 5.26. The van der Waals surface area contributed by atoms with Crippen molar-refractivity contribution < 1.29 is 13.9 Å². The number of thiophene rings is 1. The molecule has 7 nitrogen and oxygen atoms in total. The molecule has 154 valence electrons. The zero-order valence-electron chi connectivity index (χ0n) is 16.9. The van der Waals surface area contributed by atoms with Gasteiger partial charge < -0.3 is 18.8 Å². The third-order valence-corrected chi connectivity index (χ3v) is 6.85. The maximum atomic E-state index is 5.97. The quantitative estimate of drug-likeness (QED) is 0.649. The van der Waals surface area contributed by atoms with Crippen LogP contribution >= 0.6 is 11.3 Å². The summed E-state index contributed by atoms with van der Waals surface area (Å²) in [5.74, 6) is 2.78. The molecule has 0 aromatic carbocycles. The predicted molar refractivity (Wildman–Crippen MR) is 113 cm³/mol. The van der Waals surface area contributed by atoms with Crippen molar-refractivity contribution in [1.29, 1.82) is 0 Å². The maximum Gasteiger partial charge on any atom is 0.146 e. The van der Waals surface area contributed by atoms with Crippen molar-refractivity contribution in [2.24, 2.45) is 0 Å². The number of rotatable bonds is 4. The standard InChI is InChI=1S/C21H26N4O3S/c1-14-15(2)29-21-19(14)20(22-18(23-21)13-24-5-9-26-10-6-24)25-7-11-28-17(12-25)16-4-3-8-27-16/h3-4,8,17H,5-7,9-13H2,1-2H3. The summed E-state index contributed by atoms with van der Waals surface area (Å²) in [6.07, 6.45) is 1.62. The number of aryl methyl sites for hydroxylation is 2. The lowest BCUT2D eigenvalue weighted by Crippen LogP contribution is -2.39. The van der Waals surface area contributed by atoms with Gasteiger partial charge >= 0.3 is 0 Å². The molecular weight excluding hydrogens is 388 g/mol. The van der Waals surface area contributed by atoms with Crippen molar-refractivity contribution in [2.75, 3.05) is 50.9 Å². The molecule has 2 fully saturated rings. The highest BCUT2D eigenvalue weighted by Crippen LogP contribution is 2.37. The number of anilines is 1. The van der Waals surface area contributed by atoms with Crippen molar-refractivity contribution >= 4 is 27.4 Å². The van der Waals surface area contributed by atoms with Gasteiger partial charge in [0.2, 0.25) is 0 Å². The Balaban J connectivity index is 1.50. The smallest absolute Gasteiger partial charge is 0.146 e. The molecule has 1 unspecified atom stereocenters. The minimum Gasteiger partial charge on any atom is -0.467 e. The van der Waals surface area contributed by atoms with Gasteiger partial charge in [0.1, 0.15) is 28.3 Å². The fourth-order valence-corrected chi connectivity index (χ4v) is 5.06. The number of aromatic nitrogens is 2. The van der Waals surface area contributed by atoms with Crippen LogP contribution in [-0.2, 0) is 16.0 Å². The van der Waals surface area contributed by atoms with E-state index in [0.717, 1.165) is 68.2 Å². The molecule has 5 heterocycles. The van der Waals surface area contributed by atoms with E-state index < -0.39 is 0 Å².